The number of ketones is 2. The number of Topliss-reactive ketones (excluding diaryl/α,β-unsaturated/α-hetero) is 2. The molecule has 156 valence electrons. The molecule has 3 rings (SSSR count). The third-order valence-corrected chi connectivity index (χ3v) is 5.77. The van der Waals surface area contributed by atoms with Gasteiger partial charge in [0.2, 0.25) is 5.91 Å². The summed E-state index contributed by atoms with van der Waals surface area (Å²) in [6, 6.07) is 3.84. The summed E-state index contributed by atoms with van der Waals surface area (Å²) >= 11 is 5.98. The van der Waals surface area contributed by atoms with Crippen LogP contribution in [-0.4, -0.2) is 45.7 Å². The van der Waals surface area contributed by atoms with Crippen molar-refractivity contribution in [1.29, 1.82) is 0 Å². The molecule has 0 radical (unpaired) electrons. The van der Waals surface area contributed by atoms with Crippen LogP contribution < -0.4 is 0 Å². The van der Waals surface area contributed by atoms with Crippen molar-refractivity contribution >= 4 is 29.1 Å². The van der Waals surface area contributed by atoms with Gasteiger partial charge in [0.05, 0.1) is 23.5 Å². The lowest BCUT2D eigenvalue weighted by molar-refractivity contribution is -0.133. The van der Waals surface area contributed by atoms with Crippen LogP contribution in [0.1, 0.15) is 42.4 Å². The molecule has 1 fully saturated rings. The molecule has 2 aromatic rings. The topological polar surface area (TPSA) is 72.3 Å². The zero-order valence-corrected chi connectivity index (χ0v) is 18.1. The van der Waals surface area contributed by atoms with E-state index in [-0.39, 0.29) is 36.9 Å². The highest BCUT2D eigenvalue weighted by Crippen LogP contribution is 2.38. The monoisotopic (exact) mass is 425 g/mol. The molecule has 1 aromatic heterocycles. The number of hydrogen-bond donors (Lipinski definition) is 0. The largest absolute Gasteiger partial charge is 0.335 e. The number of benzene rings is 1. The molecule has 2 unspecified atom stereocenters. The third kappa shape index (κ3) is 4.17. The standard InChI is InChI=1S/C23H24ClN3O3/c1-5-7-26(4)20(29)11-16-10-19(28)22(23(16)30)21-14(3)8-18(9-15(21)6-2)27-13-17(24)12-25-27/h1,8-9,12-13,16,22H,6-7,10-11H2,2-4H3. The van der Waals surface area contributed by atoms with Gasteiger partial charge in [-0.3, -0.25) is 14.4 Å². The molecule has 6 nitrogen and oxygen atoms in total. The normalized spacial score (nSPS) is 18.5. The minimum atomic E-state index is -0.828. The van der Waals surface area contributed by atoms with Crippen LogP contribution in [0.4, 0.5) is 0 Å². The van der Waals surface area contributed by atoms with Crippen molar-refractivity contribution in [2.75, 3.05) is 13.6 Å². The summed E-state index contributed by atoms with van der Waals surface area (Å²) in [7, 11) is 1.60. The number of rotatable bonds is 6. The molecule has 0 bridgehead atoms. The molecule has 1 amide bonds. The Hall–Kier alpha value is -2.91. The number of aromatic nitrogens is 2. The minimum absolute atomic E-state index is 0.00360. The lowest BCUT2D eigenvalue weighted by Crippen LogP contribution is -2.30. The zero-order valence-electron chi connectivity index (χ0n) is 17.3. The molecule has 0 N–H and O–H groups in total. The Morgan fingerprint density at radius 3 is 2.73 bits per heavy atom. The summed E-state index contributed by atoms with van der Waals surface area (Å²) in [5.41, 5.74) is 3.33. The number of halogens is 1. The maximum atomic E-state index is 13.1. The second kappa shape index (κ2) is 8.85. The lowest BCUT2D eigenvalue weighted by atomic mass is 9.85. The van der Waals surface area contributed by atoms with Crippen LogP contribution in [0.5, 0.6) is 0 Å². The van der Waals surface area contributed by atoms with E-state index in [1.807, 2.05) is 26.0 Å². The molecule has 0 saturated heterocycles. The Morgan fingerprint density at radius 2 is 2.13 bits per heavy atom. The Labute approximate surface area is 181 Å². The number of aryl methyl sites for hydroxylation is 2. The van der Waals surface area contributed by atoms with E-state index in [1.165, 1.54) is 4.90 Å². The van der Waals surface area contributed by atoms with E-state index in [1.54, 1.807) is 24.1 Å². The summed E-state index contributed by atoms with van der Waals surface area (Å²) < 4.78 is 1.67. The first-order chi connectivity index (χ1) is 14.3. The van der Waals surface area contributed by atoms with Gasteiger partial charge in [-0.25, -0.2) is 4.68 Å². The molecule has 0 spiro atoms. The van der Waals surface area contributed by atoms with Crippen LogP contribution in [0.25, 0.3) is 5.69 Å². The van der Waals surface area contributed by atoms with E-state index < -0.39 is 11.8 Å². The van der Waals surface area contributed by atoms with Crippen molar-refractivity contribution in [3.8, 4) is 18.0 Å². The predicted octanol–water partition coefficient (Wildman–Crippen LogP) is 3.12. The van der Waals surface area contributed by atoms with Gasteiger partial charge in [-0.05, 0) is 42.2 Å². The van der Waals surface area contributed by atoms with Gasteiger partial charge in [0.1, 0.15) is 11.7 Å². The summed E-state index contributed by atoms with van der Waals surface area (Å²) in [5.74, 6) is 0.430. The van der Waals surface area contributed by atoms with Gasteiger partial charge < -0.3 is 4.90 Å². The fourth-order valence-electron chi connectivity index (χ4n) is 4.05. The van der Waals surface area contributed by atoms with Crippen molar-refractivity contribution in [2.45, 2.75) is 39.0 Å². The van der Waals surface area contributed by atoms with E-state index in [9.17, 15) is 14.4 Å². The summed E-state index contributed by atoms with van der Waals surface area (Å²) in [6.45, 7) is 4.05. The number of carbonyl (C=O) groups excluding carboxylic acids is 3. The summed E-state index contributed by atoms with van der Waals surface area (Å²) in [5, 5.41) is 4.76. The second-order valence-electron chi connectivity index (χ2n) is 7.65. The van der Waals surface area contributed by atoms with E-state index in [0.29, 0.717) is 11.4 Å². The Morgan fingerprint density at radius 1 is 1.40 bits per heavy atom. The van der Waals surface area contributed by atoms with Gasteiger partial charge in [-0.1, -0.05) is 24.4 Å². The SMILES string of the molecule is C#CCN(C)C(=O)CC1CC(=O)C(c2c(C)cc(-n3cc(Cl)cn3)cc2CC)C1=O. The van der Waals surface area contributed by atoms with Crippen molar-refractivity contribution in [3.63, 3.8) is 0 Å². The highest BCUT2D eigenvalue weighted by atomic mass is 35.5. The smallest absolute Gasteiger partial charge is 0.223 e. The van der Waals surface area contributed by atoms with Crippen LogP contribution in [0.3, 0.4) is 0 Å². The van der Waals surface area contributed by atoms with Gasteiger partial charge in [0.15, 0.2) is 5.78 Å². The van der Waals surface area contributed by atoms with Gasteiger partial charge >= 0.3 is 0 Å². The van der Waals surface area contributed by atoms with Crippen LogP contribution in [0, 0.1) is 25.2 Å². The van der Waals surface area contributed by atoms with Gasteiger partial charge in [-0.15, -0.1) is 6.42 Å². The third-order valence-electron chi connectivity index (χ3n) is 5.57. The Kier molecular flexibility index (Phi) is 6.42. The first-order valence-corrected chi connectivity index (χ1v) is 10.2. The van der Waals surface area contributed by atoms with Crippen molar-refractivity contribution < 1.29 is 14.4 Å². The number of nitrogens with zero attached hydrogens (tertiary/aromatic N) is 3. The predicted molar refractivity (Wildman–Crippen MR) is 115 cm³/mol. The van der Waals surface area contributed by atoms with Crippen LogP contribution in [0.15, 0.2) is 24.5 Å². The van der Waals surface area contributed by atoms with E-state index in [0.717, 1.165) is 22.4 Å². The van der Waals surface area contributed by atoms with E-state index in [4.69, 9.17) is 18.0 Å². The molecule has 7 heteroatoms. The maximum Gasteiger partial charge on any atom is 0.223 e. The number of terminal acetylenes is 1. The van der Waals surface area contributed by atoms with Crippen LogP contribution >= 0.6 is 11.6 Å². The molecule has 0 aliphatic heterocycles. The van der Waals surface area contributed by atoms with Crippen molar-refractivity contribution in [2.24, 2.45) is 5.92 Å². The number of hydrogen-bond acceptors (Lipinski definition) is 4. The maximum absolute atomic E-state index is 13.1. The average molecular weight is 426 g/mol. The van der Waals surface area contributed by atoms with Gasteiger partial charge in [-0.2, -0.15) is 5.10 Å². The Balaban J connectivity index is 1.91. The number of carbonyl (C=O) groups is 3. The first-order valence-electron chi connectivity index (χ1n) is 9.84. The molecule has 30 heavy (non-hydrogen) atoms. The zero-order chi connectivity index (χ0) is 22.0. The fourth-order valence-corrected chi connectivity index (χ4v) is 4.19. The molecule has 2 atom stereocenters. The van der Waals surface area contributed by atoms with E-state index in [2.05, 4.69) is 11.0 Å². The quantitative estimate of drug-likeness (QED) is 0.526. The fraction of sp³-hybridized carbons (Fsp3) is 0.391. The van der Waals surface area contributed by atoms with Crippen molar-refractivity contribution in [3.05, 3.63) is 46.2 Å². The number of amides is 1. The van der Waals surface area contributed by atoms with Gasteiger partial charge in [0.25, 0.3) is 0 Å². The minimum Gasteiger partial charge on any atom is -0.335 e. The molecular weight excluding hydrogens is 402 g/mol. The second-order valence-corrected chi connectivity index (χ2v) is 8.09. The Bertz CT molecular complexity index is 1050. The van der Waals surface area contributed by atoms with Crippen molar-refractivity contribution in [1.82, 2.24) is 14.7 Å². The lowest BCUT2D eigenvalue weighted by Gasteiger charge is -2.19. The highest BCUT2D eigenvalue weighted by molar-refractivity contribution is 6.30. The summed E-state index contributed by atoms with van der Waals surface area (Å²) in [4.78, 5) is 39.7. The van der Waals surface area contributed by atoms with Crippen LogP contribution in [-0.2, 0) is 20.8 Å². The molecule has 1 aliphatic carbocycles. The molecular formula is C23H24ClN3O3. The molecule has 1 heterocycles. The van der Waals surface area contributed by atoms with E-state index >= 15 is 0 Å². The molecule has 1 aliphatic rings. The average Bonchev–Trinajstić information content (AvgIpc) is 3.25. The molecule has 1 aromatic carbocycles. The van der Waals surface area contributed by atoms with Gasteiger partial charge in [0, 0.05) is 32.0 Å². The van der Waals surface area contributed by atoms with Crippen LogP contribution in [0.2, 0.25) is 5.02 Å². The highest BCUT2D eigenvalue weighted by Gasteiger charge is 2.44. The summed E-state index contributed by atoms with van der Waals surface area (Å²) in [6.07, 6.45) is 9.25. The first kappa shape index (κ1) is 21.8. The molecule has 1 saturated carbocycles.